The van der Waals surface area contributed by atoms with E-state index < -0.39 is 42.0 Å². The molecule has 2 aromatic rings. The first-order valence-corrected chi connectivity index (χ1v) is 18.6. The summed E-state index contributed by atoms with van der Waals surface area (Å²) in [6.45, 7) is 7.79. The number of benzene rings is 1. The van der Waals surface area contributed by atoms with Crippen molar-refractivity contribution in [3.8, 4) is 0 Å². The lowest BCUT2D eigenvalue weighted by molar-refractivity contribution is -0.149. The van der Waals surface area contributed by atoms with Crippen molar-refractivity contribution in [2.75, 3.05) is 20.6 Å². The predicted octanol–water partition coefficient (Wildman–Crippen LogP) is 4.75. The summed E-state index contributed by atoms with van der Waals surface area (Å²) >= 11 is 1.19. The molecule has 0 aliphatic heterocycles. The lowest BCUT2D eigenvalue weighted by Crippen LogP contribution is -2.52. The molecule has 13 heteroatoms. The molecule has 5 atom stereocenters. The summed E-state index contributed by atoms with van der Waals surface area (Å²) in [5, 5.41) is 20.6. The molecule has 3 amide bonds. The third-order valence-electron chi connectivity index (χ3n) is 9.13. The average Bonchev–Trinajstić information content (AvgIpc) is 3.79. The number of carboxylic acids is 1. The zero-order chi connectivity index (χ0) is 36.8. The minimum absolute atomic E-state index is 0.0255. The van der Waals surface area contributed by atoms with Gasteiger partial charge in [-0.2, -0.15) is 0 Å². The third-order valence-corrected chi connectivity index (χ3v) is 10.1. The molecule has 4 N–H and O–H groups in total. The molecule has 1 aromatic heterocycles. The third kappa shape index (κ3) is 13.1. The zero-order valence-electron chi connectivity index (χ0n) is 30.3. The van der Waals surface area contributed by atoms with Crippen molar-refractivity contribution >= 4 is 41.0 Å². The number of aliphatic carboxylic acids is 1. The summed E-state index contributed by atoms with van der Waals surface area (Å²) in [6.07, 6.45) is 4.92. The second kappa shape index (κ2) is 20.1. The standard InChI is InChI=1S/C37H55N5O7S/c1-23(2)30(42(6)36(46)33(27-16-17-27)41-32(44)15-11-8-12-18-38-5)21-31(49-25(4)43)35-40-29(22-50-35)34(45)39-28(19-24(3)37(47)48)20-26-13-9-7-10-14-26/h7,9-10,13-14,22-24,27-28,30-31,33,38H,8,11-12,15-21H2,1-6H3,(H,39,45)(H,41,44)(H,47,48)/t24-,28+,30+,31+,33-/m0/s1. The number of amides is 3. The van der Waals surface area contributed by atoms with Gasteiger partial charge < -0.3 is 30.7 Å². The first-order valence-electron chi connectivity index (χ1n) is 17.7. The molecule has 1 aliphatic rings. The van der Waals surface area contributed by atoms with Gasteiger partial charge in [0.05, 0.1) is 5.92 Å². The highest BCUT2D eigenvalue weighted by Crippen LogP contribution is 2.35. The van der Waals surface area contributed by atoms with E-state index in [1.54, 1.807) is 24.3 Å². The largest absolute Gasteiger partial charge is 0.481 e. The summed E-state index contributed by atoms with van der Waals surface area (Å²) < 4.78 is 5.74. The molecule has 3 rings (SSSR count). The number of carbonyl (C=O) groups excluding carboxylic acids is 4. The van der Waals surface area contributed by atoms with Crippen molar-refractivity contribution in [1.29, 1.82) is 0 Å². The monoisotopic (exact) mass is 713 g/mol. The van der Waals surface area contributed by atoms with Crippen molar-refractivity contribution in [2.45, 2.75) is 110 Å². The SMILES string of the molecule is CNCCCCCC(=O)N[C@H](C(=O)N(C)[C@H](C[C@@H](OC(C)=O)c1nc(C(=O)N[C@@H](Cc2ccccc2)C[C@H](C)C(=O)O)cs1)C(C)C)C1CC1. The Hall–Kier alpha value is -3.84. The topological polar surface area (TPSA) is 167 Å². The quantitative estimate of drug-likeness (QED) is 0.0995. The summed E-state index contributed by atoms with van der Waals surface area (Å²) in [4.78, 5) is 70.2. The molecule has 0 bridgehead atoms. The van der Waals surface area contributed by atoms with Crippen LogP contribution in [0.15, 0.2) is 35.7 Å². The van der Waals surface area contributed by atoms with E-state index in [4.69, 9.17) is 4.74 Å². The number of hydrogen-bond acceptors (Lipinski definition) is 9. The molecule has 0 unspecified atom stereocenters. The highest BCUT2D eigenvalue weighted by atomic mass is 32.1. The molecule has 1 aliphatic carbocycles. The van der Waals surface area contributed by atoms with Gasteiger partial charge in [-0.25, -0.2) is 4.98 Å². The molecule has 50 heavy (non-hydrogen) atoms. The van der Waals surface area contributed by atoms with Crippen LogP contribution in [0.25, 0.3) is 0 Å². The first kappa shape index (κ1) is 40.6. The summed E-state index contributed by atoms with van der Waals surface area (Å²) in [6, 6.07) is 8.11. The van der Waals surface area contributed by atoms with E-state index in [9.17, 15) is 29.1 Å². The van der Waals surface area contributed by atoms with Crippen LogP contribution in [0, 0.1) is 17.8 Å². The van der Waals surface area contributed by atoms with Gasteiger partial charge in [0, 0.05) is 44.3 Å². The molecule has 1 aromatic carbocycles. The van der Waals surface area contributed by atoms with Gasteiger partial charge in [-0.1, -0.05) is 57.5 Å². The molecule has 0 radical (unpaired) electrons. The van der Waals surface area contributed by atoms with Crippen LogP contribution in [0.3, 0.4) is 0 Å². The fourth-order valence-corrected chi connectivity index (χ4v) is 6.96. The van der Waals surface area contributed by atoms with E-state index in [0.29, 0.717) is 17.8 Å². The Kier molecular flexibility index (Phi) is 16.3. The number of unbranched alkanes of at least 4 members (excludes halogenated alkanes) is 2. The number of nitrogens with zero attached hydrogens (tertiary/aromatic N) is 2. The lowest BCUT2D eigenvalue weighted by atomic mass is 9.95. The number of carbonyl (C=O) groups is 5. The Morgan fingerprint density at radius 1 is 1.02 bits per heavy atom. The van der Waals surface area contributed by atoms with Crippen LogP contribution >= 0.6 is 11.3 Å². The van der Waals surface area contributed by atoms with Crippen LogP contribution in [-0.4, -0.2) is 83.4 Å². The van der Waals surface area contributed by atoms with E-state index in [0.717, 1.165) is 44.2 Å². The smallest absolute Gasteiger partial charge is 0.306 e. The molecule has 1 saturated carbocycles. The molecular weight excluding hydrogens is 659 g/mol. The van der Waals surface area contributed by atoms with Gasteiger partial charge >= 0.3 is 11.9 Å². The highest BCUT2D eigenvalue weighted by Gasteiger charge is 2.41. The maximum absolute atomic E-state index is 13.9. The average molecular weight is 714 g/mol. The Morgan fingerprint density at radius 2 is 1.72 bits per heavy atom. The summed E-state index contributed by atoms with van der Waals surface area (Å²) in [5.74, 6) is -2.80. The van der Waals surface area contributed by atoms with Gasteiger partial charge in [0.25, 0.3) is 5.91 Å². The maximum atomic E-state index is 13.9. The Bertz CT molecular complexity index is 1410. The number of carboxylic acid groups (broad SMARTS) is 1. The minimum atomic E-state index is -0.942. The highest BCUT2D eigenvalue weighted by molar-refractivity contribution is 7.09. The summed E-state index contributed by atoms with van der Waals surface area (Å²) in [7, 11) is 3.63. The number of nitrogens with one attached hydrogen (secondary N) is 3. The van der Waals surface area contributed by atoms with Crippen LogP contribution in [0.1, 0.15) is 106 Å². The van der Waals surface area contributed by atoms with Gasteiger partial charge in [0.1, 0.15) is 16.7 Å². The van der Waals surface area contributed by atoms with E-state index in [1.807, 2.05) is 51.2 Å². The Morgan fingerprint density at radius 3 is 2.32 bits per heavy atom. The van der Waals surface area contributed by atoms with Crippen molar-refractivity contribution in [2.24, 2.45) is 17.8 Å². The normalized spacial score (nSPS) is 15.7. The molecule has 0 spiro atoms. The molecule has 1 heterocycles. The van der Waals surface area contributed by atoms with Crippen molar-refractivity contribution in [3.05, 3.63) is 52.0 Å². The zero-order valence-corrected chi connectivity index (χ0v) is 31.1. The van der Waals surface area contributed by atoms with Crippen LogP contribution in [0.4, 0.5) is 0 Å². The van der Waals surface area contributed by atoms with Gasteiger partial charge in [0.2, 0.25) is 11.8 Å². The molecule has 0 saturated heterocycles. The minimum Gasteiger partial charge on any atom is -0.481 e. The van der Waals surface area contributed by atoms with E-state index >= 15 is 0 Å². The van der Waals surface area contributed by atoms with Crippen LogP contribution in [0.2, 0.25) is 0 Å². The molecule has 1 fully saturated rings. The van der Waals surface area contributed by atoms with E-state index in [2.05, 4.69) is 20.9 Å². The summed E-state index contributed by atoms with van der Waals surface area (Å²) in [5.41, 5.74) is 1.10. The number of likely N-dealkylation sites (N-methyl/N-ethyl adjacent to an activating group) is 1. The number of hydrogen-bond donors (Lipinski definition) is 4. The predicted molar refractivity (Wildman–Crippen MR) is 193 cm³/mol. The second-order valence-corrected chi connectivity index (χ2v) is 14.7. The lowest BCUT2D eigenvalue weighted by Gasteiger charge is -2.35. The van der Waals surface area contributed by atoms with Crippen LogP contribution in [-0.2, 0) is 30.3 Å². The molecule has 12 nitrogen and oxygen atoms in total. The number of rotatable bonds is 22. The molecule has 276 valence electrons. The van der Waals surface area contributed by atoms with Crippen molar-refractivity contribution < 1.29 is 33.8 Å². The number of aromatic nitrogens is 1. The fourth-order valence-electron chi connectivity index (χ4n) is 6.12. The van der Waals surface area contributed by atoms with Gasteiger partial charge in [-0.15, -0.1) is 11.3 Å². The van der Waals surface area contributed by atoms with Crippen LogP contribution < -0.4 is 16.0 Å². The van der Waals surface area contributed by atoms with Crippen molar-refractivity contribution in [3.63, 3.8) is 0 Å². The van der Waals surface area contributed by atoms with Crippen LogP contribution in [0.5, 0.6) is 0 Å². The van der Waals surface area contributed by atoms with Gasteiger partial charge in [-0.3, -0.25) is 24.0 Å². The fraction of sp³-hybridized carbons (Fsp3) is 0.622. The van der Waals surface area contributed by atoms with Crippen molar-refractivity contribution in [1.82, 2.24) is 25.8 Å². The Balaban J connectivity index is 1.73. The maximum Gasteiger partial charge on any atom is 0.306 e. The second-order valence-electron chi connectivity index (χ2n) is 13.8. The molecular formula is C37H55N5O7S. The Labute approximate surface area is 300 Å². The number of esters is 1. The van der Waals surface area contributed by atoms with E-state index in [1.165, 1.54) is 18.3 Å². The number of ether oxygens (including phenoxy) is 1. The van der Waals surface area contributed by atoms with Gasteiger partial charge in [-0.05, 0) is 69.5 Å². The number of thiazole rings is 1. The first-order chi connectivity index (χ1) is 23.8. The van der Waals surface area contributed by atoms with Gasteiger partial charge in [0.15, 0.2) is 6.10 Å². The van der Waals surface area contributed by atoms with E-state index in [-0.39, 0.29) is 48.2 Å².